The van der Waals surface area contributed by atoms with E-state index >= 15 is 0 Å². The fraction of sp³-hybridized carbons (Fsp3) is 0.938. The fourth-order valence-electron chi connectivity index (χ4n) is 3.22. The lowest BCUT2D eigenvalue weighted by molar-refractivity contribution is -0.149. The van der Waals surface area contributed by atoms with E-state index in [0.717, 1.165) is 13.1 Å². The number of esters is 1. The Morgan fingerprint density at radius 3 is 2.25 bits per heavy atom. The van der Waals surface area contributed by atoms with Crippen molar-refractivity contribution < 1.29 is 14.3 Å². The average Bonchev–Trinajstić information content (AvgIpc) is 2.67. The van der Waals surface area contributed by atoms with Gasteiger partial charge in [-0.3, -0.25) is 9.69 Å². The fourth-order valence-corrected chi connectivity index (χ4v) is 3.22. The molecule has 1 aliphatic rings. The molecule has 0 N–H and O–H groups in total. The maximum Gasteiger partial charge on any atom is 0.307 e. The summed E-state index contributed by atoms with van der Waals surface area (Å²) in [4.78, 5) is 14.5. The van der Waals surface area contributed by atoms with Crippen LogP contribution in [0, 0.1) is 5.92 Å². The number of ether oxygens (including phenoxy) is 2. The maximum atomic E-state index is 12.1. The van der Waals surface area contributed by atoms with Crippen LogP contribution in [-0.4, -0.2) is 49.8 Å². The molecule has 0 saturated carbocycles. The Morgan fingerprint density at radius 1 is 1.20 bits per heavy atom. The molecule has 1 atom stereocenters. The first-order valence-electron chi connectivity index (χ1n) is 7.96. The molecule has 0 amide bonds. The number of likely N-dealkylation sites (tertiary alicyclic amines) is 1. The van der Waals surface area contributed by atoms with E-state index in [0.29, 0.717) is 25.6 Å². The van der Waals surface area contributed by atoms with Crippen molar-refractivity contribution in [3.63, 3.8) is 0 Å². The van der Waals surface area contributed by atoms with Crippen molar-refractivity contribution >= 4 is 5.97 Å². The molecule has 0 bridgehead atoms. The van der Waals surface area contributed by atoms with Crippen LogP contribution >= 0.6 is 0 Å². The lowest BCUT2D eigenvalue weighted by Crippen LogP contribution is -2.57. The molecule has 1 rings (SSSR count). The zero-order valence-electron chi connectivity index (χ0n) is 13.6. The van der Waals surface area contributed by atoms with E-state index in [9.17, 15) is 4.79 Å². The van der Waals surface area contributed by atoms with Crippen molar-refractivity contribution in [2.45, 2.75) is 58.4 Å². The molecule has 0 radical (unpaired) electrons. The van der Waals surface area contributed by atoms with Gasteiger partial charge in [0.15, 0.2) is 0 Å². The quantitative estimate of drug-likeness (QED) is 0.674. The van der Waals surface area contributed by atoms with Crippen LogP contribution in [0.4, 0.5) is 0 Å². The summed E-state index contributed by atoms with van der Waals surface area (Å²) in [5.41, 5.74) is -0.231. The van der Waals surface area contributed by atoms with E-state index in [1.165, 1.54) is 25.7 Å². The van der Waals surface area contributed by atoms with Crippen LogP contribution in [0.25, 0.3) is 0 Å². The van der Waals surface area contributed by atoms with Gasteiger partial charge in [-0.2, -0.15) is 0 Å². The van der Waals surface area contributed by atoms with Crippen LogP contribution in [0.2, 0.25) is 0 Å². The second kappa shape index (κ2) is 8.63. The number of carbonyl (C=O) groups excluding carboxylic acids is 1. The van der Waals surface area contributed by atoms with E-state index in [1.807, 2.05) is 6.92 Å². The Labute approximate surface area is 123 Å². The minimum absolute atomic E-state index is 0.109. The summed E-state index contributed by atoms with van der Waals surface area (Å²) in [5, 5.41) is 0. The van der Waals surface area contributed by atoms with Crippen LogP contribution < -0.4 is 0 Å². The zero-order chi connectivity index (χ0) is 15.0. The molecular weight excluding hydrogens is 254 g/mol. The summed E-state index contributed by atoms with van der Waals surface area (Å²) >= 11 is 0. The number of nitrogens with zero attached hydrogens (tertiary/aromatic N) is 1. The Morgan fingerprint density at radius 2 is 1.80 bits per heavy atom. The van der Waals surface area contributed by atoms with Gasteiger partial charge >= 0.3 is 5.97 Å². The lowest BCUT2D eigenvalue weighted by atomic mass is 9.81. The lowest BCUT2D eigenvalue weighted by Gasteiger charge is -2.46. The second-order valence-electron chi connectivity index (χ2n) is 6.07. The van der Waals surface area contributed by atoms with Crippen LogP contribution in [-0.2, 0) is 14.3 Å². The normalized spacial score (nSPS) is 20.4. The van der Waals surface area contributed by atoms with Crippen molar-refractivity contribution in [3.8, 4) is 0 Å². The molecular formula is C16H31NO3. The van der Waals surface area contributed by atoms with Crippen LogP contribution in [0.1, 0.15) is 52.9 Å². The highest BCUT2D eigenvalue weighted by molar-refractivity contribution is 5.71. The van der Waals surface area contributed by atoms with Crippen LogP contribution in [0.15, 0.2) is 0 Å². The molecule has 0 aromatic carbocycles. The Bertz CT molecular complexity index is 285. The number of hydrogen-bond donors (Lipinski definition) is 0. The van der Waals surface area contributed by atoms with Gasteiger partial charge in [-0.25, -0.2) is 0 Å². The molecule has 4 nitrogen and oxygen atoms in total. The third-order valence-corrected chi connectivity index (χ3v) is 4.46. The van der Waals surface area contributed by atoms with E-state index in [1.54, 1.807) is 7.11 Å². The highest BCUT2D eigenvalue weighted by Gasteiger charge is 2.42. The highest BCUT2D eigenvalue weighted by Crippen LogP contribution is 2.32. The summed E-state index contributed by atoms with van der Waals surface area (Å²) in [6.07, 6.45) is 5.42. The first kappa shape index (κ1) is 17.4. The molecule has 1 saturated heterocycles. The molecule has 1 fully saturated rings. The Balaban J connectivity index is 2.92. The predicted octanol–water partition coefficient (Wildman–Crippen LogP) is 2.86. The Hall–Kier alpha value is -0.610. The molecule has 0 spiro atoms. The van der Waals surface area contributed by atoms with Gasteiger partial charge in [-0.15, -0.1) is 0 Å². The molecule has 0 aliphatic carbocycles. The van der Waals surface area contributed by atoms with Crippen molar-refractivity contribution in [2.24, 2.45) is 5.92 Å². The van der Waals surface area contributed by atoms with Gasteiger partial charge in [0.1, 0.15) is 0 Å². The summed E-state index contributed by atoms with van der Waals surface area (Å²) in [6, 6.07) is 0. The third-order valence-electron chi connectivity index (χ3n) is 4.46. The van der Waals surface area contributed by atoms with Crippen LogP contribution in [0.3, 0.4) is 0 Å². The first-order valence-corrected chi connectivity index (χ1v) is 7.96. The van der Waals surface area contributed by atoms with Gasteiger partial charge < -0.3 is 9.47 Å². The molecule has 1 aliphatic heterocycles. The molecule has 0 aromatic heterocycles. The van der Waals surface area contributed by atoms with Gasteiger partial charge in [-0.05, 0) is 38.8 Å². The van der Waals surface area contributed by atoms with Crippen molar-refractivity contribution in [3.05, 3.63) is 0 Å². The predicted molar refractivity (Wildman–Crippen MR) is 80.7 cm³/mol. The largest absolute Gasteiger partial charge is 0.466 e. The highest BCUT2D eigenvalue weighted by atomic mass is 16.5. The van der Waals surface area contributed by atoms with Gasteiger partial charge in [0, 0.05) is 7.11 Å². The van der Waals surface area contributed by atoms with Crippen LogP contribution in [0.5, 0.6) is 0 Å². The summed E-state index contributed by atoms with van der Waals surface area (Å²) in [7, 11) is 1.72. The van der Waals surface area contributed by atoms with E-state index < -0.39 is 0 Å². The molecule has 118 valence electrons. The van der Waals surface area contributed by atoms with E-state index in [4.69, 9.17) is 9.47 Å². The minimum Gasteiger partial charge on any atom is -0.466 e. The molecule has 1 unspecified atom stereocenters. The standard InChI is InChI=1S/C16H31NO3/c1-5-20-15(18)12-16(13-19-4,14(2)3)17-10-8-6-7-9-11-17/h14H,5-13H2,1-4H3. The monoisotopic (exact) mass is 285 g/mol. The number of methoxy groups -OCH3 is 1. The topological polar surface area (TPSA) is 38.8 Å². The van der Waals surface area contributed by atoms with Gasteiger partial charge in [0.2, 0.25) is 0 Å². The molecule has 0 aromatic rings. The number of hydrogen-bond acceptors (Lipinski definition) is 4. The third kappa shape index (κ3) is 4.45. The number of rotatable bonds is 7. The van der Waals surface area contributed by atoms with Gasteiger partial charge in [0.25, 0.3) is 0 Å². The van der Waals surface area contributed by atoms with Gasteiger partial charge in [-0.1, -0.05) is 26.7 Å². The average molecular weight is 285 g/mol. The molecule has 4 heteroatoms. The summed E-state index contributed by atoms with van der Waals surface area (Å²) < 4.78 is 10.7. The maximum absolute atomic E-state index is 12.1. The van der Waals surface area contributed by atoms with Crippen molar-refractivity contribution in [2.75, 3.05) is 33.4 Å². The number of carbonyl (C=O) groups is 1. The van der Waals surface area contributed by atoms with Gasteiger partial charge in [0.05, 0.1) is 25.2 Å². The van der Waals surface area contributed by atoms with Crippen molar-refractivity contribution in [1.29, 1.82) is 0 Å². The molecule has 20 heavy (non-hydrogen) atoms. The first-order chi connectivity index (χ1) is 9.56. The second-order valence-corrected chi connectivity index (χ2v) is 6.07. The SMILES string of the molecule is CCOC(=O)CC(COC)(C(C)C)N1CCCCCC1. The smallest absolute Gasteiger partial charge is 0.307 e. The van der Waals surface area contributed by atoms with E-state index in [-0.39, 0.29) is 11.5 Å². The van der Waals surface area contributed by atoms with Crippen molar-refractivity contribution in [1.82, 2.24) is 4.90 Å². The summed E-state index contributed by atoms with van der Waals surface area (Å²) in [6.45, 7) is 9.37. The van der Waals surface area contributed by atoms with E-state index in [2.05, 4.69) is 18.7 Å². The summed E-state index contributed by atoms with van der Waals surface area (Å²) in [5.74, 6) is 0.243. The molecule has 1 heterocycles. The Kier molecular flexibility index (Phi) is 7.52. The minimum atomic E-state index is -0.231. The zero-order valence-corrected chi connectivity index (χ0v) is 13.6.